The van der Waals surface area contributed by atoms with E-state index >= 15 is 0 Å². The fraction of sp³-hybridized carbons (Fsp3) is 0.263. The number of rotatable bonds is 5. The number of aryl methyl sites for hydroxylation is 1. The van der Waals surface area contributed by atoms with Crippen molar-refractivity contribution < 1.29 is 14.6 Å². The molecule has 1 N–H and O–H groups in total. The largest absolute Gasteiger partial charge is 0.506 e. The van der Waals surface area contributed by atoms with Crippen LogP contribution in [0.25, 0.3) is 10.2 Å². The van der Waals surface area contributed by atoms with Crippen LogP contribution in [-0.4, -0.2) is 22.2 Å². The van der Waals surface area contributed by atoms with Gasteiger partial charge >= 0.3 is 5.97 Å². The van der Waals surface area contributed by atoms with E-state index in [0.29, 0.717) is 16.8 Å². The van der Waals surface area contributed by atoms with Gasteiger partial charge in [0, 0.05) is 4.88 Å². The van der Waals surface area contributed by atoms with Crippen LogP contribution in [0.1, 0.15) is 34.6 Å². The molecule has 0 spiro atoms. The summed E-state index contributed by atoms with van der Waals surface area (Å²) in [4.78, 5) is 26.8. The quantitative estimate of drug-likeness (QED) is 0.709. The molecule has 0 aliphatic heterocycles. The Labute approximate surface area is 149 Å². The van der Waals surface area contributed by atoms with E-state index in [-0.39, 0.29) is 17.9 Å². The van der Waals surface area contributed by atoms with Gasteiger partial charge in [-0.25, -0.2) is 4.79 Å². The minimum Gasteiger partial charge on any atom is -0.506 e. The number of fused-ring (bicyclic) bond motifs is 1. The van der Waals surface area contributed by atoms with Crippen LogP contribution in [0.3, 0.4) is 0 Å². The summed E-state index contributed by atoms with van der Waals surface area (Å²) < 4.78 is 6.51. The third-order valence-electron chi connectivity index (χ3n) is 3.97. The first kappa shape index (κ1) is 17.2. The second-order valence-corrected chi connectivity index (χ2v) is 6.72. The predicted molar refractivity (Wildman–Crippen MR) is 98.6 cm³/mol. The number of aromatic hydroxyl groups is 1. The van der Waals surface area contributed by atoms with E-state index in [0.717, 1.165) is 16.9 Å². The van der Waals surface area contributed by atoms with E-state index in [1.54, 1.807) is 11.5 Å². The maximum atomic E-state index is 12.9. The smallest absolute Gasteiger partial charge is 0.347 e. The number of hydrogen-bond donors (Lipinski definition) is 1. The van der Waals surface area contributed by atoms with Gasteiger partial charge in [0.1, 0.15) is 10.6 Å². The second kappa shape index (κ2) is 7.11. The summed E-state index contributed by atoms with van der Waals surface area (Å²) in [6.07, 6.45) is 0.785. The summed E-state index contributed by atoms with van der Waals surface area (Å²) in [5, 5.41) is 11.0. The zero-order valence-electron chi connectivity index (χ0n) is 14.1. The summed E-state index contributed by atoms with van der Waals surface area (Å²) >= 11 is 1.46. The Morgan fingerprint density at radius 2 is 1.96 bits per heavy atom. The summed E-state index contributed by atoms with van der Waals surface area (Å²) in [5.74, 6) is -1.09. The van der Waals surface area contributed by atoms with Crippen LogP contribution < -0.4 is 5.56 Å². The molecule has 0 aliphatic rings. The van der Waals surface area contributed by atoms with E-state index in [9.17, 15) is 14.7 Å². The van der Waals surface area contributed by atoms with Crippen molar-refractivity contribution in [3.8, 4) is 5.75 Å². The Morgan fingerprint density at radius 3 is 2.60 bits per heavy atom. The molecule has 2 aromatic heterocycles. The Kier molecular flexibility index (Phi) is 4.90. The molecule has 0 saturated heterocycles. The summed E-state index contributed by atoms with van der Waals surface area (Å²) in [7, 11) is 0. The lowest BCUT2D eigenvalue weighted by Gasteiger charge is -2.12. The molecule has 5 nitrogen and oxygen atoms in total. The van der Waals surface area contributed by atoms with Crippen LogP contribution in [0.4, 0.5) is 0 Å². The summed E-state index contributed by atoms with van der Waals surface area (Å²) in [6.45, 7) is 4.13. The molecular weight excluding hydrogens is 338 g/mol. The molecule has 130 valence electrons. The van der Waals surface area contributed by atoms with Crippen molar-refractivity contribution in [1.82, 2.24) is 4.57 Å². The van der Waals surface area contributed by atoms with Gasteiger partial charge < -0.3 is 9.84 Å². The van der Waals surface area contributed by atoms with Gasteiger partial charge in [-0.3, -0.25) is 9.36 Å². The van der Waals surface area contributed by atoms with Crippen molar-refractivity contribution >= 4 is 27.5 Å². The Bertz CT molecular complexity index is 972. The number of benzene rings is 1. The molecule has 0 saturated carbocycles. The Balaban J connectivity index is 2.27. The number of ether oxygens (including phenoxy) is 1. The lowest BCUT2D eigenvalue weighted by atomic mass is 10.1. The van der Waals surface area contributed by atoms with E-state index in [1.807, 2.05) is 43.3 Å². The van der Waals surface area contributed by atoms with Gasteiger partial charge in [-0.05, 0) is 25.0 Å². The molecule has 25 heavy (non-hydrogen) atoms. The zero-order valence-corrected chi connectivity index (χ0v) is 14.9. The Morgan fingerprint density at radius 1 is 1.24 bits per heavy atom. The first-order valence-electron chi connectivity index (χ1n) is 8.16. The number of carbonyl (C=O) groups is 1. The first-order chi connectivity index (χ1) is 12.1. The fourth-order valence-corrected chi connectivity index (χ4v) is 3.83. The van der Waals surface area contributed by atoms with Crippen LogP contribution >= 0.6 is 11.3 Å². The highest BCUT2D eigenvalue weighted by atomic mass is 32.1. The van der Waals surface area contributed by atoms with Crippen LogP contribution in [-0.2, 0) is 17.7 Å². The van der Waals surface area contributed by atoms with Gasteiger partial charge in [0.2, 0.25) is 0 Å². The van der Waals surface area contributed by atoms with Crippen LogP contribution in [0, 0.1) is 0 Å². The van der Waals surface area contributed by atoms with Crippen LogP contribution in [0.5, 0.6) is 5.75 Å². The zero-order chi connectivity index (χ0) is 18.0. The molecule has 2 heterocycles. The van der Waals surface area contributed by atoms with Crippen molar-refractivity contribution in [3.05, 3.63) is 62.8 Å². The highest BCUT2D eigenvalue weighted by molar-refractivity contribution is 7.18. The molecular formula is C19H19NO4S. The van der Waals surface area contributed by atoms with Gasteiger partial charge in [0.25, 0.3) is 5.56 Å². The predicted octanol–water partition coefficient (Wildman–Crippen LogP) is 3.56. The molecule has 0 amide bonds. The number of aromatic nitrogens is 1. The Hall–Kier alpha value is -2.60. The number of nitrogens with zero attached hydrogens (tertiary/aromatic N) is 1. The molecule has 0 radical (unpaired) electrons. The minimum atomic E-state index is -0.794. The minimum absolute atomic E-state index is 0.137. The average Bonchev–Trinajstić information content (AvgIpc) is 3.04. The average molecular weight is 357 g/mol. The summed E-state index contributed by atoms with van der Waals surface area (Å²) in [6, 6.07) is 11.4. The normalized spacial score (nSPS) is 11.0. The third kappa shape index (κ3) is 3.17. The van der Waals surface area contributed by atoms with Crippen molar-refractivity contribution in [1.29, 1.82) is 0 Å². The number of thiophene rings is 1. The molecule has 0 fully saturated rings. The number of pyridine rings is 1. The lowest BCUT2D eigenvalue weighted by molar-refractivity contribution is 0.0520. The van der Waals surface area contributed by atoms with Gasteiger partial charge in [0.05, 0.1) is 18.5 Å². The molecule has 0 atom stereocenters. The SMILES string of the molecule is CCOC(=O)c1c(O)c2cc(CC)sc2n(Cc2ccccc2)c1=O. The van der Waals surface area contributed by atoms with Gasteiger partial charge in [0.15, 0.2) is 5.56 Å². The van der Waals surface area contributed by atoms with Crippen molar-refractivity contribution in [2.45, 2.75) is 26.8 Å². The highest BCUT2D eigenvalue weighted by Gasteiger charge is 2.24. The molecule has 6 heteroatoms. The van der Waals surface area contributed by atoms with E-state index < -0.39 is 11.5 Å². The monoisotopic (exact) mass is 357 g/mol. The standard InChI is InChI=1S/C19H19NO4S/c1-3-13-10-14-16(21)15(19(23)24-4-2)17(22)20(18(14)25-13)11-12-8-6-5-7-9-12/h5-10,21H,3-4,11H2,1-2H3. The van der Waals surface area contributed by atoms with E-state index in [4.69, 9.17) is 4.74 Å². The van der Waals surface area contributed by atoms with E-state index in [1.165, 1.54) is 11.3 Å². The topological polar surface area (TPSA) is 68.5 Å². The fourth-order valence-electron chi connectivity index (χ4n) is 2.74. The van der Waals surface area contributed by atoms with Crippen molar-refractivity contribution in [2.24, 2.45) is 0 Å². The molecule has 3 rings (SSSR count). The van der Waals surface area contributed by atoms with Gasteiger partial charge in [-0.1, -0.05) is 37.3 Å². The molecule has 3 aromatic rings. The number of hydrogen-bond acceptors (Lipinski definition) is 5. The third-order valence-corrected chi connectivity index (χ3v) is 5.27. The molecule has 0 unspecified atom stereocenters. The second-order valence-electron chi connectivity index (χ2n) is 5.61. The molecule has 0 aliphatic carbocycles. The van der Waals surface area contributed by atoms with E-state index in [2.05, 4.69) is 0 Å². The molecule has 1 aromatic carbocycles. The lowest BCUT2D eigenvalue weighted by Crippen LogP contribution is -2.28. The molecule has 0 bridgehead atoms. The van der Waals surface area contributed by atoms with Crippen LogP contribution in [0.2, 0.25) is 0 Å². The maximum absolute atomic E-state index is 12.9. The maximum Gasteiger partial charge on any atom is 0.347 e. The van der Waals surface area contributed by atoms with Crippen molar-refractivity contribution in [2.75, 3.05) is 6.61 Å². The van der Waals surface area contributed by atoms with Crippen LogP contribution in [0.15, 0.2) is 41.2 Å². The van der Waals surface area contributed by atoms with Gasteiger partial charge in [-0.15, -0.1) is 11.3 Å². The van der Waals surface area contributed by atoms with Gasteiger partial charge in [-0.2, -0.15) is 0 Å². The number of carbonyl (C=O) groups excluding carboxylic acids is 1. The van der Waals surface area contributed by atoms with Crippen molar-refractivity contribution in [3.63, 3.8) is 0 Å². The first-order valence-corrected chi connectivity index (χ1v) is 8.97. The summed E-state index contributed by atoms with van der Waals surface area (Å²) in [5.41, 5.74) is 0.111. The highest BCUT2D eigenvalue weighted by Crippen LogP contribution is 2.34. The number of esters is 1.